The summed E-state index contributed by atoms with van der Waals surface area (Å²) in [6.45, 7) is 2.58. The summed E-state index contributed by atoms with van der Waals surface area (Å²) in [6.07, 6.45) is 4.23. The Morgan fingerprint density at radius 1 is 0.964 bits per heavy atom. The Balaban J connectivity index is 1.36. The predicted molar refractivity (Wildman–Crippen MR) is 110 cm³/mol. The highest BCUT2D eigenvalue weighted by Crippen LogP contribution is 2.34. The van der Waals surface area contributed by atoms with Crippen molar-refractivity contribution in [1.29, 1.82) is 0 Å². The van der Waals surface area contributed by atoms with Crippen LogP contribution in [0.1, 0.15) is 35.7 Å². The van der Waals surface area contributed by atoms with Gasteiger partial charge in [-0.25, -0.2) is 0 Å². The lowest BCUT2D eigenvalue weighted by Gasteiger charge is -2.25. The molecule has 28 heavy (non-hydrogen) atoms. The molecule has 2 aromatic carbocycles. The number of ether oxygens (including phenoxy) is 2. The zero-order valence-corrected chi connectivity index (χ0v) is 16.3. The summed E-state index contributed by atoms with van der Waals surface area (Å²) in [6, 6.07) is 23.3. The first kappa shape index (κ1) is 18.5. The van der Waals surface area contributed by atoms with E-state index in [4.69, 9.17) is 9.47 Å². The Morgan fingerprint density at radius 2 is 1.75 bits per heavy atom. The van der Waals surface area contributed by atoms with Crippen LogP contribution < -0.4 is 9.47 Å². The summed E-state index contributed by atoms with van der Waals surface area (Å²) < 4.78 is 11.1. The number of nitrogens with zero attached hydrogens (tertiary/aromatic N) is 2. The van der Waals surface area contributed by atoms with Crippen molar-refractivity contribution in [3.8, 4) is 11.5 Å². The number of benzene rings is 2. The second kappa shape index (κ2) is 8.89. The maximum atomic E-state index is 5.84. The van der Waals surface area contributed by atoms with Gasteiger partial charge in [-0.2, -0.15) is 0 Å². The van der Waals surface area contributed by atoms with Crippen molar-refractivity contribution in [2.24, 2.45) is 0 Å². The highest BCUT2D eigenvalue weighted by Gasteiger charge is 2.25. The van der Waals surface area contributed by atoms with E-state index in [9.17, 15) is 0 Å². The standard InChI is InChI=1S/C24H26N2O2/c1-27-22-13-9-20(10-14-22)24-6-4-16-26(24)17-19-7-11-23(12-8-19)28-18-21-5-2-3-15-25-21/h2-3,5,7-15,24H,4,6,16-18H2,1H3. The molecule has 2 heterocycles. The molecule has 1 atom stereocenters. The van der Waals surface area contributed by atoms with Gasteiger partial charge in [0, 0.05) is 18.8 Å². The van der Waals surface area contributed by atoms with E-state index >= 15 is 0 Å². The summed E-state index contributed by atoms with van der Waals surface area (Å²) >= 11 is 0. The van der Waals surface area contributed by atoms with Crippen molar-refractivity contribution in [2.45, 2.75) is 32.0 Å². The van der Waals surface area contributed by atoms with Crippen molar-refractivity contribution >= 4 is 0 Å². The lowest BCUT2D eigenvalue weighted by Crippen LogP contribution is -2.22. The van der Waals surface area contributed by atoms with Crippen molar-refractivity contribution in [2.75, 3.05) is 13.7 Å². The average Bonchev–Trinajstić information content (AvgIpc) is 3.22. The highest BCUT2D eigenvalue weighted by molar-refractivity contribution is 5.31. The zero-order valence-electron chi connectivity index (χ0n) is 16.3. The van der Waals surface area contributed by atoms with Gasteiger partial charge in [0.25, 0.3) is 0 Å². The van der Waals surface area contributed by atoms with E-state index in [1.807, 2.05) is 18.2 Å². The third kappa shape index (κ3) is 4.52. The maximum absolute atomic E-state index is 5.84. The Labute approximate surface area is 166 Å². The lowest BCUT2D eigenvalue weighted by atomic mass is 10.0. The second-order valence-electron chi connectivity index (χ2n) is 7.16. The zero-order chi connectivity index (χ0) is 19.2. The Hall–Kier alpha value is -2.85. The van der Waals surface area contributed by atoms with Crippen LogP contribution in [0.4, 0.5) is 0 Å². The van der Waals surface area contributed by atoms with Crippen molar-refractivity contribution < 1.29 is 9.47 Å². The normalized spacial score (nSPS) is 16.8. The fraction of sp³-hybridized carbons (Fsp3) is 0.292. The van der Waals surface area contributed by atoms with Crippen LogP contribution in [0, 0.1) is 0 Å². The summed E-state index contributed by atoms with van der Waals surface area (Å²) in [4.78, 5) is 6.85. The van der Waals surface area contributed by atoms with E-state index in [2.05, 4.69) is 58.4 Å². The molecule has 4 nitrogen and oxygen atoms in total. The quantitative estimate of drug-likeness (QED) is 0.582. The first-order chi connectivity index (χ1) is 13.8. The minimum absolute atomic E-state index is 0.478. The fourth-order valence-corrected chi connectivity index (χ4v) is 3.79. The van der Waals surface area contributed by atoms with E-state index in [-0.39, 0.29) is 0 Å². The third-order valence-electron chi connectivity index (χ3n) is 5.29. The molecule has 4 rings (SSSR count). The van der Waals surface area contributed by atoms with Gasteiger partial charge < -0.3 is 9.47 Å². The highest BCUT2D eigenvalue weighted by atomic mass is 16.5. The van der Waals surface area contributed by atoms with Crippen molar-refractivity contribution in [1.82, 2.24) is 9.88 Å². The molecule has 0 radical (unpaired) electrons. The van der Waals surface area contributed by atoms with Crippen LogP contribution in [-0.2, 0) is 13.2 Å². The molecule has 1 aliphatic heterocycles. The molecular formula is C24H26N2O2. The Kier molecular flexibility index (Phi) is 5.88. The van der Waals surface area contributed by atoms with E-state index in [1.165, 1.54) is 24.0 Å². The molecule has 0 amide bonds. The average molecular weight is 374 g/mol. The number of hydrogen-bond donors (Lipinski definition) is 0. The molecule has 4 heteroatoms. The SMILES string of the molecule is COc1ccc(C2CCCN2Cc2ccc(OCc3ccccn3)cc2)cc1. The molecule has 1 saturated heterocycles. The van der Waals surface area contributed by atoms with E-state index < -0.39 is 0 Å². The minimum atomic E-state index is 0.478. The van der Waals surface area contributed by atoms with Gasteiger partial charge in [0.15, 0.2) is 0 Å². The fourth-order valence-electron chi connectivity index (χ4n) is 3.79. The Morgan fingerprint density at radius 3 is 2.46 bits per heavy atom. The molecule has 0 saturated carbocycles. The van der Waals surface area contributed by atoms with Gasteiger partial charge in [0.2, 0.25) is 0 Å². The van der Waals surface area contributed by atoms with Gasteiger partial charge in [0.05, 0.1) is 12.8 Å². The van der Waals surface area contributed by atoms with Crippen LogP contribution in [-0.4, -0.2) is 23.5 Å². The number of aromatic nitrogens is 1. The number of methoxy groups -OCH3 is 1. The predicted octanol–water partition coefficient (Wildman–Crippen LogP) is 5.01. The van der Waals surface area contributed by atoms with E-state index in [0.717, 1.165) is 30.3 Å². The smallest absolute Gasteiger partial charge is 0.130 e. The van der Waals surface area contributed by atoms with Gasteiger partial charge in [-0.05, 0) is 66.9 Å². The van der Waals surface area contributed by atoms with Crippen LogP contribution in [0.3, 0.4) is 0 Å². The van der Waals surface area contributed by atoms with Crippen LogP contribution in [0.5, 0.6) is 11.5 Å². The molecule has 1 unspecified atom stereocenters. The number of hydrogen-bond acceptors (Lipinski definition) is 4. The minimum Gasteiger partial charge on any atom is -0.497 e. The topological polar surface area (TPSA) is 34.6 Å². The molecule has 0 aliphatic carbocycles. The number of pyridine rings is 1. The maximum Gasteiger partial charge on any atom is 0.130 e. The van der Waals surface area contributed by atoms with Crippen LogP contribution >= 0.6 is 0 Å². The van der Waals surface area contributed by atoms with Crippen molar-refractivity contribution in [3.05, 3.63) is 89.7 Å². The van der Waals surface area contributed by atoms with Crippen LogP contribution in [0.2, 0.25) is 0 Å². The number of likely N-dealkylation sites (tertiary alicyclic amines) is 1. The van der Waals surface area contributed by atoms with Gasteiger partial charge >= 0.3 is 0 Å². The van der Waals surface area contributed by atoms with Gasteiger partial charge in [-0.3, -0.25) is 9.88 Å². The van der Waals surface area contributed by atoms with Crippen LogP contribution in [0.25, 0.3) is 0 Å². The molecule has 0 bridgehead atoms. The van der Waals surface area contributed by atoms with Gasteiger partial charge in [0.1, 0.15) is 18.1 Å². The van der Waals surface area contributed by atoms with E-state index in [1.54, 1.807) is 13.3 Å². The lowest BCUT2D eigenvalue weighted by molar-refractivity contribution is 0.248. The second-order valence-corrected chi connectivity index (χ2v) is 7.16. The van der Waals surface area contributed by atoms with E-state index in [0.29, 0.717) is 12.6 Å². The largest absolute Gasteiger partial charge is 0.497 e. The molecular weight excluding hydrogens is 348 g/mol. The Bertz CT molecular complexity index is 863. The molecule has 1 aliphatic rings. The van der Waals surface area contributed by atoms with Gasteiger partial charge in [-0.15, -0.1) is 0 Å². The summed E-state index contributed by atoms with van der Waals surface area (Å²) in [7, 11) is 1.71. The molecule has 1 fully saturated rings. The number of rotatable bonds is 7. The van der Waals surface area contributed by atoms with Gasteiger partial charge in [-0.1, -0.05) is 30.3 Å². The molecule has 0 spiro atoms. The summed E-state index contributed by atoms with van der Waals surface area (Å²) in [5.74, 6) is 1.79. The molecule has 1 aromatic heterocycles. The molecule has 0 N–H and O–H groups in total. The summed E-state index contributed by atoms with van der Waals surface area (Å²) in [5, 5.41) is 0. The summed E-state index contributed by atoms with van der Waals surface area (Å²) in [5.41, 5.74) is 3.62. The molecule has 3 aromatic rings. The first-order valence-corrected chi connectivity index (χ1v) is 9.81. The first-order valence-electron chi connectivity index (χ1n) is 9.81. The monoisotopic (exact) mass is 374 g/mol. The third-order valence-corrected chi connectivity index (χ3v) is 5.29. The van der Waals surface area contributed by atoms with Crippen molar-refractivity contribution in [3.63, 3.8) is 0 Å². The molecule has 144 valence electrons. The van der Waals surface area contributed by atoms with Crippen LogP contribution in [0.15, 0.2) is 72.9 Å².